The first kappa shape index (κ1) is 49.7. The van der Waals surface area contributed by atoms with E-state index in [1.807, 2.05) is 0 Å². The second-order valence-electron chi connectivity index (χ2n) is 15.5. The number of rotatable bonds is 36. The topological polar surface area (TPSA) is 149 Å². The van der Waals surface area contributed by atoms with Gasteiger partial charge in [0.25, 0.3) is 0 Å². The number of hydrogen-bond acceptors (Lipinski definition) is 8. The second-order valence-corrected chi connectivity index (χ2v) is 15.5. The molecule has 0 aromatic heterocycles. The Hall–Kier alpha value is -1.33. The predicted octanol–water partition coefficient (Wildman–Crippen LogP) is 8.72. The van der Waals surface area contributed by atoms with Crippen molar-refractivity contribution in [2.24, 2.45) is 0 Å². The number of nitrogens with one attached hydrogen (secondary N) is 1. The third-order valence-corrected chi connectivity index (χ3v) is 10.5. The molecule has 0 aliphatic carbocycles. The van der Waals surface area contributed by atoms with Gasteiger partial charge < -0.3 is 40.3 Å². The van der Waals surface area contributed by atoms with Crippen LogP contribution in [0.3, 0.4) is 0 Å². The van der Waals surface area contributed by atoms with E-state index in [0.29, 0.717) is 12.8 Å². The van der Waals surface area contributed by atoms with Crippen LogP contribution in [-0.2, 0) is 14.3 Å². The fourth-order valence-corrected chi connectivity index (χ4v) is 6.91. The minimum Gasteiger partial charge on any atom is -0.394 e. The molecule has 9 heteroatoms. The second kappa shape index (κ2) is 35.1. The van der Waals surface area contributed by atoms with E-state index in [1.165, 1.54) is 103 Å². The van der Waals surface area contributed by atoms with Crippen molar-refractivity contribution < 1.29 is 39.8 Å². The van der Waals surface area contributed by atoms with Crippen LogP contribution in [-0.4, -0.2) is 87.5 Å². The molecular weight excluding hydrogens is 670 g/mol. The van der Waals surface area contributed by atoms with Crippen molar-refractivity contribution in [3.63, 3.8) is 0 Å². The van der Waals surface area contributed by atoms with Crippen LogP contribution in [0.5, 0.6) is 0 Å². The van der Waals surface area contributed by atoms with Crippen LogP contribution in [0.2, 0.25) is 0 Å². The van der Waals surface area contributed by atoms with Crippen molar-refractivity contribution >= 4 is 5.91 Å². The molecule has 1 fully saturated rings. The number of hydrogen-bond donors (Lipinski definition) is 6. The van der Waals surface area contributed by atoms with Gasteiger partial charge >= 0.3 is 0 Å². The lowest BCUT2D eigenvalue weighted by atomic mass is 9.99. The Morgan fingerprint density at radius 1 is 0.623 bits per heavy atom. The highest BCUT2D eigenvalue weighted by Crippen LogP contribution is 2.23. The van der Waals surface area contributed by atoms with Crippen LogP contribution in [0.4, 0.5) is 0 Å². The molecule has 6 N–H and O–H groups in total. The van der Waals surface area contributed by atoms with Crippen molar-refractivity contribution in [3.05, 3.63) is 24.3 Å². The smallest absolute Gasteiger partial charge is 0.220 e. The van der Waals surface area contributed by atoms with Crippen molar-refractivity contribution in [3.8, 4) is 0 Å². The number of unbranched alkanes of at least 4 members (excludes halogenated alkanes) is 22. The number of amides is 1. The molecule has 1 rings (SSSR count). The highest BCUT2D eigenvalue weighted by atomic mass is 16.7. The van der Waals surface area contributed by atoms with Gasteiger partial charge in [0.2, 0.25) is 5.91 Å². The third-order valence-electron chi connectivity index (χ3n) is 10.5. The summed E-state index contributed by atoms with van der Waals surface area (Å²) in [4.78, 5) is 12.9. The Morgan fingerprint density at radius 2 is 1.06 bits per heavy atom. The highest BCUT2D eigenvalue weighted by molar-refractivity contribution is 5.76. The zero-order valence-electron chi connectivity index (χ0n) is 34.0. The molecule has 0 spiro atoms. The maximum absolute atomic E-state index is 12.9. The highest BCUT2D eigenvalue weighted by Gasteiger charge is 2.44. The average molecular weight is 754 g/mol. The molecule has 7 atom stereocenters. The molecule has 1 saturated heterocycles. The van der Waals surface area contributed by atoms with E-state index in [1.54, 1.807) is 0 Å². The number of aliphatic hydroxyl groups is 5. The summed E-state index contributed by atoms with van der Waals surface area (Å²) >= 11 is 0. The Balaban J connectivity index is 2.38. The summed E-state index contributed by atoms with van der Waals surface area (Å²) < 4.78 is 11.2. The lowest BCUT2D eigenvalue weighted by molar-refractivity contribution is -0.302. The first-order valence-corrected chi connectivity index (χ1v) is 22.0. The molecule has 0 aromatic rings. The van der Waals surface area contributed by atoms with E-state index >= 15 is 0 Å². The largest absolute Gasteiger partial charge is 0.394 e. The quantitative estimate of drug-likeness (QED) is 0.0275. The molecule has 0 bridgehead atoms. The van der Waals surface area contributed by atoms with Crippen LogP contribution in [0.1, 0.15) is 194 Å². The molecule has 1 aliphatic rings. The van der Waals surface area contributed by atoms with Gasteiger partial charge in [0.1, 0.15) is 24.4 Å². The number of aliphatic hydroxyl groups excluding tert-OH is 5. The lowest BCUT2D eigenvalue weighted by Gasteiger charge is -2.40. The van der Waals surface area contributed by atoms with Gasteiger partial charge in [-0.1, -0.05) is 147 Å². The van der Waals surface area contributed by atoms with E-state index in [-0.39, 0.29) is 12.5 Å². The summed E-state index contributed by atoms with van der Waals surface area (Å²) in [5.41, 5.74) is 0. The maximum atomic E-state index is 12.9. The Morgan fingerprint density at radius 3 is 1.55 bits per heavy atom. The third kappa shape index (κ3) is 26.2. The fraction of sp³-hybridized carbons (Fsp3) is 0.886. The Labute approximate surface area is 324 Å². The van der Waals surface area contributed by atoms with Gasteiger partial charge in [0.15, 0.2) is 6.29 Å². The summed E-state index contributed by atoms with van der Waals surface area (Å²) in [5, 5.41) is 54.2. The van der Waals surface area contributed by atoms with Crippen LogP contribution < -0.4 is 5.32 Å². The molecule has 0 radical (unpaired) electrons. The van der Waals surface area contributed by atoms with E-state index < -0.39 is 49.5 Å². The normalized spacial score (nSPS) is 21.8. The lowest BCUT2D eigenvalue weighted by Crippen LogP contribution is -2.60. The van der Waals surface area contributed by atoms with Crippen LogP contribution in [0.15, 0.2) is 24.3 Å². The summed E-state index contributed by atoms with van der Waals surface area (Å²) in [5.74, 6) is -0.164. The van der Waals surface area contributed by atoms with Crippen molar-refractivity contribution in [2.45, 2.75) is 236 Å². The minimum absolute atomic E-state index is 0.152. The molecule has 9 nitrogen and oxygen atoms in total. The van der Waals surface area contributed by atoms with Crippen molar-refractivity contribution in [2.75, 3.05) is 13.2 Å². The van der Waals surface area contributed by atoms with Gasteiger partial charge in [-0.25, -0.2) is 0 Å². The van der Waals surface area contributed by atoms with Crippen LogP contribution >= 0.6 is 0 Å². The summed E-state index contributed by atoms with van der Waals surface area (Å²) in [6.07, 6.45) is 33.3. The van der Waals surface area contributed by atoms with Crippen molar-refractivity contribution in [1.82, 2.24) is 5.32 Å². The molecule has 0 saturated carbocycles. The molecule has 312 valence electrons. The summed E-state index contributed by atoms with van der Waals surface area (Å²) in [7, 11) is 0. The van der Waals surface area contributed by atoms with E-state index in [2.05, 4.69) is 43.5 Å². The number of ether oxygens (including phenoxy) is 2. The maximum Gasteiger partial charge on any atom is 0.220 e. The fourth-order valence-electron chi connectivity index (χ4n) is 6.91. The average Bonchev–Trinajstić information content (AvgIpc) is 3.16. The number of carbonyl (C=O) groups is 1. The first-order chi connectivity index (χ1) is 25.8. The van der Waals surface area contributed by atoms with Gasteiger partial charge in [0, 0.05) is 6.42 Å². The first-order valence-electron chi connectivity index (χ1n) is 22.0. The van der Waals surface area contributed by atoms with Gasteiger partial charge in [-0.3, -0.25) is 4.79 Å². The summed E-state index contributed by atoms with van der Waals surface area (Å²) in [6.45, 7) is 3.79. The zero-order chi connectivity index (χ0) is 38.8. The standard InChI is InChI=1S/C44H83NO8/c1-3-5-7-9-11-13-15-17-18-19-20-22-23-25-27-29-31-33-38(47)37(36-52-44-43(51)42(50)41(49)39(35-46)53-44)45-40(48)34-32-30-28-26-24-21-16-14-12-10-8-6-4-2/h14,16,23,25,37-39,41-44,46-47,49-51H,3-13,15,17-22,24,26-36H2,1-2H3,(H,45,48)/b16-14+,25-23+/t37-,38+,39+,41+,42?,43?,44+/m0/s1. The predicted molar refractivity (Wildman–Crippen MR) is 217 cm³/mol. The van der Waals surface area contributed by atoms with Crippen LogP contribution in [0.25, 0.3) is 0 Å². The molecule has 1 amide bonds. The van der Waals surface area contributed by atoms with E-state index in [9.17, 15) is 30.3 Å². The molecular formula is C44H83NO8. The van der Waals surface area contributed by atoms with Gasteiger partial charge in [-0.2, -0.15) is 0 Å². The van der Waals surface area contributed by atoms with Crippen molar-refractivity contribution in [1.29, 1.82) is 0 Å². The van der Waals surface area contributed by atoms with E-state index in [4.69, 9.17) is 9.47 Å². The number of allylic oxidation sites excluding steroid dienone is 4. The van der Waals surface area contributed by atoms with E-state index in [0.717, 1.165) is 64.2 Å². The summed E-state index contributed by atoms with van der Waals surface area (Å²) in [6, 6.07) is -0.736. The Kier molecular flexibility index (Phi) is 32.9. The van der Waals surface area contributed by atoms with Crippen LogP contribution in [0, 0.1) is 0 Å². The number of carbonyl (C=O) groups excluding carboxylic acids is 1. The molecule has 1 aliphatic heterocycles. The van der Waals surface area contributed by atoms with Gasteiger partial charge in [-0.05, 0) is 64.2 Å². The SMILES string of the molecule is CCCCCC/C=C/CCCCCCCC(=O)N[C@@H](CO[C@@H]1O[C@H](CO)[C@@H](O)C(O)C1O)[C@H](O)CCCC/C=C/CCCCCCCCCCCCC. The van der Waals surface area contributed by atoms with Gasteiger partial charge in [0.05, 0.1) is 25.4 Å². The zero-order valence-corrected chi connectivity index (χ0v) is 34.0. The monoisotopic (exact) mass is 754 g/mol. The Bertz CT molecular complexity index is 883. The molecule has 2 unspecified atom stereocenters. The van der Waals surface area contributed by atoms with Gasteiger partial charge in [-0.15, -0.1) is 0 Å². The molecule has 1 heterocycles. The molecule has 0 aromatic carbocycles. The molecule has 53 heavy (non-hydrogen) atoms. The minimum atomic E-state index is -1.56.